The molecule has 192 valence electrons. The number of nitrogens with zero attached hydrogens (tertiary/aromatic N) is 6. The number of nitrogen functional groups attached to an aromatic ring is 1. The van der Waals surface area contributed by atoms with Crippen LogP contribution in [0.2, 0.25) is 0 Å². The highest BCUT2D eigenvalue weighted by molar-refractivity contribution is 5.77. The maximum atomic E-state index is 15.2. The molecule has 10 heteroatoms. The van der Waals surface area contributed by atoms with Crippen molar-refractivity contribution in [1.29, 1.82) is 0 Å². The Kier molecular flexibility index (Phi) is 7.09. The van der Waals surface area contributed by atoms with Crippen LogP contribution in [0.4, 0.5) is 14.6 Å². The van der Waals surface area contributed by atoms with Crippen LogP contribution in [-0.4, -0.2) is 56.3 Å². The summed E-state index contributed by atoms with van der Waals surface area (Å²) in [5, 5.41) is 11.6. The van der Waals surface area contributed by atoms with E-state index in [9.17, 15) is 4.39 Å². The standard InChI is InChI=1S/C27H29F2N7O/c1-17-12-18(2)14-19(13-17)20-15-21(26(30)31-16-20)27-32-33-34-36(27)22-6-7-23(25(29)24(22)28)37-11-10-35-8-4-3-5-9-35/h6-7,12-16H,3-5,8-11H2,1-2H3,(H2,30,31). The topological polar surface area (TPSA) is 95.0 Å². The third-order valence-corrected chi connectivity index (χ3v) is 6.55. The fraction of sp³-hybridized carbons (Fsp3) is 0.333. The Morgan fingerprint density at radius 3 is 2.46 bits per heavy atom. The van der Waals surface area contributed by atoms with Gasteiger partial charge in [0.05, 0.1) is 5.56 Å². The molecule has 0 amide bonds. The van der Waals surface area contributed by atoms with Gasteiger partial charge < -0.3 is 10.5 Å². The minimum atomic E-state index is -1.11. The van der Waals surface area contributed by atoms with Crippen LogP contribution < -0.4 is 10.5 Å². The largest absolute Gasteiger partial charge is 0.489 e. The molecule has 0 atom stereocenters. The second-order valence-corrected chi connectivity index (χ2v) is 9.41. The Balaban J connectivity index is 1.42. The first-order valence-electron chi connectivity index (χ1n) is 12.4. The molecular formula is C27H29F2N7O. The van der Waals surface area contributed by atoms with E-state index in [0.717, 1.165) is 52.9 Å². The van der Waals surface area contributed by atoms with Crippen molar-refractivity contribution in [3.8, 4) is 34.0 Å². The van der Waals surface area contributed by atoms with E-state index in [-0.39, 0.29) is 29.7 Å². The zero-order valence-electron chi connectivity index (χ0n) is 20.9. The number of tetrazole rings is 1. The van der Waals surface area contributed by atoms with Crippen molar-refractivity contribution >= 4 is 5.82 Å². The van der Waals surface area contributed by atoms with Gasteiger partial charge in [-0.15, -0.1) is 5.10 Å². The minimum Gasteiger partial charge on any atom is -0.489 e. The predicted octanol–water partition coefficient (Wildman–Crippen LogP) is 4.73. The summed E-state index contributed by atoms with van der Waals surface area (Å²) in [6.07, 6.45) is 5.20. The van der Waals surface area contributed by atoms with E-state index in [2.05, 4.69) is 31.5 Å². The van der Waals surface area contributed by atoms with E-state index < -0.39 is 11.6 Å². The Hall–Kier alpha value is -3.92. The molecule has 1 aliphatic heterocycles. The average molecular weight is 506 g/mol. The number of aromatic nitrogens is 5. The monoisotopic (exact) mass is 505 g/mol. The van der Waals surface area contributed by atoms with E-state index >= 15 is 4.39 Å². The summed E-state index contributed by atoms with van der Waals surface area (Å²) < 4.78 is 36.9. The summed E-state index contributed by atoms with van der Waals surface area (Å²) in [7, 11) is 0. The first kappa shape index (κ1) is 24.8. The molecule has 4 aromatic rings. The molecule has 1 aliphatic rings. The maximum absolute atomic E-state index is 15.2. The molecule has 5 rings (SSSR count). The highest BCUT2D eigenvalue weighted by Gasteiger charge is 2.22. The van der Waals surface area contributed by atoms with Crippen molar-refractivity contribution in [2.45, 2.75) is 33.1 Å². The van der Waals surface area contributed by atoms with Gasteiger partial charge in [0.2, 0.25) is 5.82 Å². The van der Waals surface area contributed by atoms with Crippen LogP contribution in [0.3, 0.4) is 0 Å². The number of pyridine rings is 1. The first-order valence-corrected chi connectivity index (χ1v) is 12.4. The average Bonchev–Trinajstić information content (AvgIpc) is 3.36. The summed E-state index contributed by atoms with van der Waals surface area (Å²) in [4.78, 5) is 6.58. The highest BCUT2D eigenvalue weighted by atomic mass is 19.2. The molecule has 1 fully saturated rings. The lowest BCUT2D eigenvalue weighted by Gasteiger charge is -2.26. The van der Waals surface area contributed by atoms with E-state index in [1.54, 1.807) is 12.3 Å². The van der Waals surface area contributed by atoms with Crippen molar-refractivity contribution in [2.24, 2.45) is 0 Å². The van der Waals surface area contributed by atoms with Gasteiger partial charge in [-0.25, -0.2) is 9.37 Å². The zero-order chi connectivity index (χ0) is 25.9. The fourth-order valence-electron chi connectivity index (χ4n) is 4.74. The Labute approximate surface area is 214 Å². The number of benzene rings is 2. The van der Waals surface area contributed by atoms with E-state index in [1.807, 2.05) is 26.0 Å². The van der Waals surface area contributed by atoms with Crippen LogP contribution in [0.15, 0.2) is 42.6 Å². The van der Waals surface area contributed by atoms with E-state index in [1.165, 1.54) is 18.6 Å². The van der Waals surface area contributed by atoms with Crippen LogP contribution in [0.25, 0.3) is 28.2 Å². The molecule has 8 nitrogen and oxygen atoms in total. The number of nitrogens with two attached hydrogens (primary N) is 1. The molecule has 0 bridgehead atoms. The summed E-state index contributed by atoms with van der Waals surface area (Å²) >= 11 is 0. The number of aryl methyl sites for hydroxylation is 2. The van der Waals surface area contributed by atoms with Crippen LogP contribution in [-0.2, 0) is 0 Å². The summed E-state index contributed by atoms with van der Waals surface area (Å²) in [6, 6.07) is 10.7. The number of piperidine rings is 1. The van der Waals surface area contributed by atoms with Gasteiger partial charge in [0.15, 0.2) is 17.4 Å². The molecule has 0 aliphatic carbocycles. The van der Waals surface area contributed by atoms with Crippen molar-refractivity contribution in [3.05, 3.63) is 65.4 Å². The smallest absolute Gasteiger partial charge is 0.202 e. The van der Waals surface area contributed by atoms with Gasteiger partial charge in [-0.3, -0.25) is 4.90 Å². The van der Waals surface area contributed by atoms with Gasteiger partial charge in [-0.05, 0) is 74.0 Å². The minimum absolute atomic E-state index is 0.147. The molecule has 0 saturated carbocycles. The summed E-state index contributed by atoms with van der Waals surface area (Å²) in [5.74, 6) is -2.03. The van der Waals surface area contributed by atoms with Gasteiger partial charge in [0.25, 0.3) is 0 Å². The lowest BCUT2D eigenvalue weighted by Crippen LogP contribution is -2.33. The number of anilines is 1. The number of halogens is 2. The Bertz CT molecular complexity index is 1400. The number of hydrogen-bond donors (Lipinski definition) is 1. The lowest BCUT2D eigenvalue weighted by atomic mass is 10.0. The predicted molar refractivity (Wildman–Crippen MR) is 137 cm³/mol. The van der Waals surface area contributed by atoms with Gasteiger partial charge >= 0.3 is 0 Å². The Morgan fingerprint density at radius 1 is 0.946 bits per heavy atom. The molecule has 2 N–H and O–H groups in total. The van der Waals surface area contributed by atoms with Gasteiger partial charge in [-0.1, -0.05) is 35.7 Å². The summed E-state index contributed by atoms with van der Waals surface area (Å²) in [5.41, 5.74) is 10.4. The van der Waals surface area contributed by atoms with Crippen molar-refractivity contribution in [1.82, 2.24) is 30.1 Å². The van der Waals surface area contributed by atoms with E-state index in [4.69, 9.17) is 10.5 Å². The van der Waals surface area contributed by atoms with Crippen molar-refractivity contribution in [2.75, 3.05) is 32.0 Å². The van der Waals surface area contributed by atoms with Crippen molar-refractivity contribution < 1.29 is 13.5 Å². The third kappa shape index (κ3) is 5.29. The second kappa shape index (κ2) is 10.6. The second-order valence-electron chi connectivity index (χ2n) is 9.41. The molecular weight excluding hydrogens is 476 g/mol. The normalized spacial score (nSPS) is 14.2. The first-order chi connectivity index (χ1) is 17.9. The third-order valence-electron chi connectivity index (χ3n) is 6.55. The molecule has 0 radical (unpaired) electrons. The zero-order valence-corrected chi connectivity index (χ0v) is 20.9. The summed E-state index contributed by atoms with van der Waals surface area (Å²) in [6.45, 7) is 6.98. The van der Waals surface area contributed by atoms with Crippen LogP contribution in [0, 0.1) is 25.5 Å². The SMILES string of the molecule is Cc1cc(C)cc(-c2cnc(N)c(-c3nnnn3-c3ccc(OCCN4CCCCC4)c(F)c3F)c2)c1. The number of ether oxygens (including phenoxy) is 1. The lowest BCUT2D eigenvalue weighted by molar-refractivity contribution is 0.179. The quantitative estimate of drug-likeness (QED) is 0.388. The number of hydrogen-bond acceptors (Lipinski definition) is 7. The molecule has 0 unspecified atom stereocenters. The molecule has 0 spiro atoms. The van der Waals surface area contributed by atoms with Gasteiger partial charge in [0.1, 0.15) is 18.1 Å². The van der Waals surface area contributed by atoms with E-state index in [0.29, 0.717) is 12.1 Å². The van der Waals surface area contributed by atoms with Crippen LogP contribution in [0.5, 0.6) is 5.75 Å². The molecule has 3 heterocycles. The van der Waals surface area contributed by atoms with Crippen LogP contribution >= 0.6 is 0 Å². The van der Waals surface area contributed by atoms with Crippen molar-refractivity contribution in [3.63, 3.8) is 0 Å². The molecule has 2 aromatic heterocycles. The molecule has 37 heavy (non-hydrogen) atoms. The molecule has 1 saturated heterocycles. The molecule has 2 aromatic carbocycles. The Morgan fingerprint density at radius 2 is 1.70 bits per heavy atom. The highest BCUT2D eigenvalue weighted by Crippen LogP contribution is 2.32. The van der Waals surface area contributed by atoms with Gasteiger partial charge in [-0.2, -0.15) is 9.07 Å². The fourth-order valence-corrected chi connectivity index (χ4v) is 4.74. The maximum Gasteiger partial charge on any atom is 0.202 e. The number of likely N-dealkylation sites (tertiary alicyclic amines) is 1. The van der Waals surface area contributed by atoms with Crippen LogP contribution in [0.1, 0.15) is 30.4 Å². The number of rotatable bonds is 7. The van der Waals surface area contributed by atoms with Gasteiger partial charge in [0, 0.05) is 18.3 Å².